The number of piperidine rings is 1. The van der Waals surface area contributed by atoms with Gasteiger partial charge in [0.1, 0.15) is 0 Å². The third kappa shape index (κ3) is 5.06. The molecule has 0 saturated carbocycles. The maximum atomic E-state index is 12.5. The van der Waals surface area contributed by atoms with Crippen LogP contribution in [0.4, 0.5) is 5.69 Å². The molecule has 27 heavy (non-hydrogen) atoms. The van der Waals surface area contributed by atoms with E-state index in [9.17, 15) is 18.0 Å². The average molecular weight is 394 g/mol. The number of rotatable bonds is 4. The van der Waals surface area contributed by atoms with Crippen molar-refractivity contribution in [3.63, 3.8) is 0 Å². The first-order valence-corrected chi connectivity index (χ1v) is 10.8. The predicted molar refractivity (Wildman–Crippen MR) is 101 cm³/mol. The number of nitrogens with zero attached hydrogens (tertiary/aromatic N) is 1. The highest BCUT2D eigenvalue weighted by Crippen LogP contribution is 2.24. The third-order valence-electron chi connectivity index (χ3n) is 5.30. The van der Waals surface area contributed by atoms with Crippen molar-refractivity contribution in [3.05, 3.63) is 24.3 Å². The number of benzene rings is 1. The lowest BCUT2D eigenvalue weighted by Crippen LogP contribution is -2.50. The number of anilines is 1. The number of hydrogen-bond acceptors (Lipinski definition) is 5. The molecule has 2 heterocycles. The van der Waals surface area contributed by atoms with Gasteiger partial charge in [-0.25, -0.2) is 13.6 Å². The summed E-state index contributed by atoms with van der Waals surface area (Å²) in [6.45, 7) is 2.19. The van der Waals surface area contributed by atoms with Gasteiger partial charge in [0.05, 0.1) is 10.9 Å². The Hall–Kier alpha value is -1.97. The number of carbonyl (C=O) groups excluding carboxylic acids is 2. The quantitative estimate of drug-likeness (QED) is 0.692. The number of nitrogens with one attached hydrogen (secondary N) is 2. The second-order valence-electron chi connectivity index (χ2n) is 7.17. The van der Waals surface area contributed by atoms with Gasteiger partial charge in [0.25, 0.3) is 0 Å². The van der Waals surface area contributed by atoms with Crippen LogP contribution in [-0.4, -0.2) is 50.8 Å². The molecule has 0 spiro atoms. The van der Waals surface area contributed by atoms with Gasteiger partial charge in [-0.15, -0.1) is 0 Å². The molecule has 1 aromatic carbocycles. The third-order valence-corrected chi connectivity index (χ3v) is 6.23. The molecule has 0 radical (unpaired) electrons. The van der Waals surface area contributed by atoms with E-state index >= 15 is 0 Å². The number of primary sulfonamides is 1. The molecule has 2 aliphatic rings. The molecule has 0 bridgehead atoms. The fourth-order valence-corrected chi connectivity index (χ4v) is 4.23. The second kappa shape index (κ2) is 8.37. The summed E-state index contributed by atoms with van der Waals surface area (Å²) < 4.78 is 22.6. The summed E-state index contributed by atoms with van der Waals surface area (Å²) >= 11 is 0. The lowest BCUT2D eigenvalue weighted by Gasteiger charge is -2.35. The van der Waals surface area contributed by atoms with Crippen molar-refractivity contribution < 1.29 is 18.0 Å². The van der Waals surface area contributed by atoms with Crippen molar-refractivity contribution >= 4 is 27.5 Å². The summed E-state index contributed by atoms with van der Waals surface area (Å²) in [7, 11) is -3.74. The van der Waals surface area contributed by atoms with Crippen molar-refractivity contribution in [1.82, 2.24) is 10.2 Å². The van der Waals surface area contributed by atoms with Gasteiger partial charge >= 0.3 is 0 Å². The summed E-state index contributed by atoms with van der Waals surface area (Å²) in [6, 6.07) is 5.73. The first-order chi connectivity index (χ1) is 12.8. The van der Waals surface area contributed by atoms with Crippen LogP contribution in [0.1, 0.15) is 32.1 Å². The van der Waals surface area contributed by atoms with Crippen LogP contribution >= 0.6 is 0 Å². The maximum absolute atomic E-state index is 12.5. The standard InChI is InChI=1S/C18H26N4O4S/c19-27(25,26)15-6-4-14(5-7-15)21-17(23)13-8-11-22(12-9-13)16-3-1-2-10-20-18(16)24/h4-7,13,16H,1-3,8-12H2,(H,20,24)(H,21,23)(H2,19,25,26). The molecular weight excluding hydrogens is 368 g/mol. The molecule has 2 fully saturated rings. The van der Waals surface area contributed by atoms with Crippen molar-refractivity contribution in [1.29, 1.82) is 0 Å². The first kappa shape index (κ1) is 19.8. The number of likely N-dealkylation sites (tertiary alicyclic amines) is 1. The maximum Gasteiger partial charge on any atom is 0.238 e. The lowest BCUT2D eigenvalue weighted by molar-refractivity contribution is -0.127. The molecular formula is C18H26N4O4S. The van der Waals surface area contributed by atoms with E-state index < -0.39 is 10.0 Å². The highest BCUT2D eigenvalue weighted by atomic mass is 32.2. The highest BCUT2D eigenvalue weighted by molar-refractivity contribution is 7.89. The zero-order valence-corrected chi connectivity index (χ0v) is 16.0. The van der Waals surface area contributed by atoms with Crippen molar-refractivity contribution in [2.45, 2.75) is 43.0 Å². The Bertz CT molecular complexity index is 786. The van der Waals surface area contributed by atoms with E-state index in [2.05, 4.69) is 15.5 Å². The van der Waals surface area contributed by atoms with Crippen LogP contribution in [0.5, 0.6) is 0 Å². The molecule has 1 unspecified atom stereocenters. The van der Waals surface area contributed by atoms with Gasteiger partial charge in [-0.3, -0.25) is 14.5 Å². The van der Waals surface area contributed by atoms with Gasteiger partial charge in [0.2, 0.25) is 21.8 Å². The van der Waals surface area contributed by atoms with E-state index in [0.717, 1.165) is 38.9 Å². The minimum Gasteiger partial charge on any atom is -0.355 e. The first-order valence-electron chi connectivity index (χ1n) is 9.30. The minimum absolute atomic E-state index is 0.00971. The van der Waals surface area contributed by atoms with Gasteiger partial charge < -0.3 is 10.6 Å². The topological polar surface area (TPSA) is 122 Å². The Morgan fingerprint density at radius 1 is 1.11 bits per heavy atom. The van der Waals surface area contributed by atoms with E-state index in [-0.39, 0.29) is 28.7 Å². The van der Waals surface area contributed by atoms with Gasteiger partial charge in [-0.1, -0.05) is 0 Å². The van der Waals surface area contributed by atoms with Gasteiger partial charge in [-0.2, -0.15) is 0 Å². The Balaban J connectivity index is 1.53. The number of sulfonamides is 1. The summed E-state index contributed by atoms with van der Waals surface area (Å²) in [5.41, 5.74) is 0.540. The summed E-state index contributed by atoms with van der Waals surface area (Å²) in [6.07, 6.45) is 4.33. The summed E-state index contributed by atoms with van der Waals surface area (Å²) in [4.78, 5) is 26.9. The summed E-state index contributed by atoms with van der Waals surface area (Å²) in [5.74, 6) is -0.0957. The van der Waals surface area contributed by atoms with Crippen molar-refractivity contribution in [2.75, 3.05) is 25.0 Å². The molecule has 0 aromatic heterocycles. The number of hydrogen-bond donors (Lipinski definition) is 3. The molecule has 1 atom stereocenters. The molecule has 0 aliphatic carbocycles. The molecule has 2 aliphatic heterocycles. The van der Waals surface area contributed by atoms with Crippen LogP contribution in [0.15, 0.2) is 29.2 Å². The summed E-state index contributed by atoms with van der Waals surface area (Å²) in [5, 5.41) is 10.9. The van der Waals surface area contributed by atoms with Crippen LogP contribution in [0, 0.1) is 5.92 Å². The van der Waals surface area contributed by atoms with Crippen molar-refractivity contribution in [2.24, 2.45) is 11.1 Å². The number of amides is 2. The van der Waals surface area contributed by atoms with Gasteiger partial charge in [-0.05, 0) is 69.5 Å². The number of nitrogens with two attached hydrogens (primary N) is 1. The van der Waals surface area contributed by atoms with Crippen molar-refractivity contribution in [3.8, 4) is 0 Å². The van der Waals surface area contributed by atoms with E-state index in [1.54, 1.807) is 0 Å². The average Bonchev–Trinajstić information content (AvgIpc) is 2.86. The minimum atomic E-state index is -3.74. The molecule has 2 amide bonds. The van der Waals surface area contributed by atoms with Crippen LogP contribution in [-0.2, 0) is 19.6 Å². The SMILES string of the molecule is NS(=O)(=O)c1ccc(NC(=O)C2CCN(C3CCCCNC3=O)CC2)cc1. The molecule has 9 heteroatoms. The van der Waals surface area contributed by atoms with Crippen LogP contribution in [0.2, 0.25) is 0 Å². The molecule has 4 N–H and O–H groups in total. The molecule has 3 rings (SSSR count). The largest absolute Gasteiger partial charge is 0.355 e. The highest BCUT2D eigenvalue weighted by Gasteiger charge is 2.32. The number of carbonyl (C=O) groups is 2. The monoisotopic (exact) mass is 394 g/mol. The van der Waals surface area contributed by atoms with Gasteiger partial charge in [0, 0.05) is 18.2 Å². The molecule has 2 saturated heterocycles. The van der Waals surface area contributed by atoms with E-state index in [4.69, 9.17) is 5.14 Å². The Morgan fingerprint density at radius 3 is 2.41 bits per heavy atom. The van der Waals surface area contributed by atoms with Crippen LogP contribution in [0.3, 0.4) is 0 Å². The predicted octanol–water partition coefficient (Wildman–Crippen LogP) is 0.653. The van der Waals surface area contributed by atoms with Crippen LogP contribution < -0.4 is 15.8 Å². The fourth-order valence-electron chi connectivity index (χ4n) is 3.72. The smallest absolute Gasteiger partial charge is 0.238 e. The normalized spacial score (nSPS) is 22.7. The van der Waals surface area contributed by atoms with E-state index in [1.165, 1.54) is 24.3 Å². The zero-order valence-electron chi connectivity index (χ0n) is 15.2. The Kier molecular flexibility index (Phi) is 6.13. The van der Waals surface area contributed by atoms with E-state index in [1.807, 2.05) is 0 Å². The van der Waals surface area contributed by atoms with Crippen LogP contribution in [0.25, 0.3) is 0 Å². The lowest BCUT2D eigenvalue weighted by atomic mass is 9.94. The Labute approximate surface area is 159 Å². The van der Waals surface area contributed by atoms with E-state index in [0.29, 0.717) is 18.5 Å². The molecule has 1 aromatic rings. The Morgan fingerprint density at radius 2 is 1.78 bits per heavy atom. The van der Waals surface area contributed by atoms with Gasteiger partial charge in [0.15, 0.2) is 0 Å². The second-order valence-corrected chi connectivity index (χ2v) is 8.73. The fraction of sp³-hybridized carbons (Fsp3) is 0.556. The zero-order chi connectivity index (χ0) is 19.4. The molecule has 8 nitrogen and oxygen atoms in total. The molecule has 148 valence electrons.